The van der Waals surface area contributed by atoms with Gasteiger partial charge < -0.3 is 5.32 Å². The van der Waals surface area contributed by atoms with E-state index in [0.29, 0.717) is 11.3 Å². The Hall–Kier alpha value is -2.23. The standard InChI is InChI=1S/C16H15FN2O/c1-11-5-4-8-14(18-11)15(20)19-16(9-10-16)12-6-2-3-7-13(12)17/h2-8H,9-10H2,1H3,(H,19,20). The summed E-state index contributed by atoms with van der Waals surface area (Å²) in [7, 11) is 0. The second kappa shape index (κ2) is 4.71. The van der Waals surface area contributed by atoms with E-state index in [-0.39, 0.29) is 11.7 Å². The molecule has 1 aromatic carbocycles. The number of carbonyl (C=O) groups is 1. The number of hydrogen-bond acceptors (Lipinski definition) is 2. The third-order valence-corrected chi connectivity index (χ3v) is 3.61. The Morgan fingerprint density at radius 1 is 1.20 bits per heavy atom. The van der Waals surface area contributed by atoms with Gasteiger partial charge in [-0.15, -0.1) is 0 Å². The number of nitrogens with one attached hydrogen (secondary N) is 1. The maximum atomic E-state index is 13.9. The summed E-state index contributed by atoms with van der Waals surface area (Å²) < 4.78 is 13.9. The molecule has 1 aromatic heterocycles. The lowest BCUT2D eigenvalue weighted by atomic mass is 10.0. The van der Waals surface area contributed by atoms with Gasteiger partial charge in [0, 0.05) is 11.3 Å². The molecule has 0 unspecified atom stereocenters. The fourth-order valence-electron chi connectivity index (χ4n) is 2.39. The molecule has 20 heavy (non-hydrogen) atoms. The van der Waals surface area contributed by atoms with Crippen molar-refractivity contribution in [2.45, 2.75) is 25.3 Å². The van der Waals surface area contributed by atoms with Crippen LogP contribution in [0.2, 0.25) is 0 Å². The van der Waals surface area contributed by atoms with Crippen molar-refractivity contribution >= 4 is 5.91 Å². The predicted molar refractivity (Wildman–Crippen MR) is 73.8 cm³/mol. The average Bonchev–Trinajstić information content (AvgIpc) is 3.20. The summed E-state index contributed by atoms with van der Waals surface area (Å²) in [5, 5.41) is 2.93. The quantitative estimate of drug-likeness (QED) is 0.931. The van der Waals surface area contributed by atoms with Crippen LogP contribution < -0.4 is 5.32 Å². The van der Waals surface area contributed by atoms with Crippen molar-refractivity contribution < 1.29 is 9.18 Å². The van der Waals surface area contributed by atoms with Crippen molar-refractivity contribution in [2.24, 2.45) is 0 Å². The van der Waals surface area contributed by atoms with Crippen molar-refractivity contribution in [1.29, 1.82) is 0 Å². The summed E-state index contributed by atoms with van der Waals surface area (Å²) in [4.78, 5) is 16.4. The average molecular weight is 270 g/mol. The number of aryl methyl sites for hydroxylation is 1. The number of amides is 1. The molecule has 0 aliphatic heterocycles. The molecule has 1 fully saturated rings. The normalized spacial score (nSPS) is 15.7. The van der Waals surface area contributed by atoms with Crippen LogP contribution in [-0.2, 0) is 5.54 Å². The summed E-state index contributed by atoms with van der Waals surface area (Å²) in [6.45, 7) is 1.83. The molecule has 1 N–H and O–H groups in total. The summed E-state index contributed by atoms with van der Waals surface area (Å²) in [5.41, 5.74) is 1.15. The first-order valence-electron chi connectivity index (χ1n) is 6.62. The van der Waals surface area contributed by atoms with E-state index in [2.05, 4.69) is 10.3 Å². The highest BCUT2D eigenvalue weighted by molar-refractivity contribution is 5.93. The van der Waals surface area contributed by atoms with E-state index in [0.717, 1.165) is 18.5 Å². The smallest absolute Gasteiger partial charge is 0.270 e. The van der Waals surface area contributed by atoms with Gasteiger partial charge >= 0.3 is 0 Å². The minimum absolute atomic E-state index is 0.255. The van der Waals surface area contributed by atoms with Crippen molar-refractivity contribution in [3.05, 3.63) is 65.2 Å². The molecule has 1 heterocycles. The molecule has 0 radical (unpaired) electrons. The number of carbonyl (C=O) groups excluding carboxylic acids is 1. The van der Waals surface area contributed by atoms with Crippen LogP contribution in [0.5, 0.6) is 0 Å². The lowest BCUT2D eigenvalue weighted by Gasteiger charge is -2.18. The fourth-order valence-corrected chi connectivity index (χ4v) is 2.39. The molecule has 0 atom stereocenters. The van der Waals surface area contributed by atoms with Gasteiger partial charge in [0.1, 0.15) is 11.5 Å². The number of halogens is 1. The summed E-state index contributed by atoms with van der Waals surface area (Å²) in [6, 6.07) is 11.9. The topological polar surface area (TPSA) is 42.0 Å². The van der Waals surface area contributed by atoms with Crippen LogP contribution in [0.1, 0.15) is 34.6 Å². The SMILES string of the molecule is Cc1cccc(C(=O)NC2(c3ccccc3F)CC2)n1. The van der Waals surface area contributed by atoms with E-state index in [1.807, 2.05) is 13.0 Å². The van der Waals surface area contributed by atoms with Crippen LogP contribution in [0.25, 0.3) is 0 Å². The third kappa shape index (κ3) is 2.29. The van der Waals surface area contributed by atoms with Gasteiger partial charge in [0.15, 0.2) is 0 Å². The third-order valence-electron chi connectivity index (χ3n) is 3.61. The molecule has 2 aromatic rings. The Morgan fingerprint density at radius 3 is 2.60 bits per heavy atom. The highest BCUT2D eigenvalue weighted by Crippen LogP contribution is 2.46. The Bertz CT molecular complexity index is 665. The number of hydrogen-bond donors (Lipinski definition) is 1. The first-order valence-corrected chi connectivity index (χ1v) is 6.62. The van der Waals surface area contributed by atoms with Crippen LogP contribution in [0.4, 0.5) is 4.39 Å². The van der Waals surface area contributed by atoms with Gasteiger partial charge in [-0.1, -0.05) is 24.3 Å². The predicted octanol–water partition coefficient (Wildman–Crippen LogP) is 2.95. The summed E-state index contributed by atoms with van der Waals surface area (Å²) in [6.07, 6.45) is 1.51. The van der Waals surface area contributed by atoms with E-state index in [4.69, 9.17) is 0 Å². The molecule has 3 rings (SSSR count). The number of pyridine rings is 1. The Kier molecular flexibility index (Phi) is 3.01. The molecular formula is C16H15FN2O. The molecule has 3 nitrogen and oxygen atoms in total. The van der Waals surface area contributed by atoms with Crippen molar-refractivity contribution in [1.82, 2.24) is 10.3 Å². The van der Waals surface area contributed by atoms with Crippen LogP contribution in [-0.4, -0.2) is 10.9 Å². The van der Waals surface area contributed by atoms with Gasteiger partial charge in [-0.2, -0.15) is 0 Å². The largest absolute Gasteiger partial charge is 0.341 e. The van der Waals surface area contributed by atoms with Crippen molar-refractivity contribution in [3.8, 4) is 0 Å². The van der Waals surface area contributed by atoms with E-state index in [1.165, 1.54) is 6.07 Å². The molecule has 4 heteroatoms. The van der Waals surface area contributed by atoms with Crippen molar-refractivity contribution in [3.63, 3.8) is 0 Å². The number of benzene rings is 1. The van der Waals surface area contributed by atoms with Crippen LogP contribution in [0.15, 0.2) is 42.5 Å². The molecular weight excluding hydrogens is 255 g/mol. The van der Waals surface area contributed by atoms with Gasteiger partial charge in [-0.3, -0.25) is 4.79 Å². The first kappa shape index (κ1) is 12.8. The maximum Gasteiger partial charge on any atom is 0.270 e. The molecule has 1 aliphatic carbocycles. The Balaban J connectivity index is 1.84. The minimum atomic E-state index is -0.562. The van der Waals surface area contributed by atoms with E-state index < -0.39 is 5.54 Å². The molecule has 102 valence electrons. The Labute approximate surface area is 116 Å². The van der Waals surface area contributed by atoms with E-state index >= 15 is 0 Å². The zero-order valence-electron chi connectivity index (χ0n) is 11.2. The lowest BCUT2D eigenvalue weighted by molar-refractivity contribution is 0.0925. The highest BCUT2D eigenvalue weighted by atomic mass is 19.1. The molecule has 0 bridgehead atoms. The van der Waals surface area contributed by atoms with Gasteiger partial charge in [-0.05, 0) is 38.0 Å². The van der Waals surface area contributed by atoms with E-state index in [1.54, 1.807) is 30.3 Å². The lowest BCUT2D eigenvalue weighted by Crippen LogP contribution is -2.36. The highest BCUT2D eigenvalue weighted by Gasteiger charge is 2.47. The van der Waals surface area contributed by atoms with Crippen LogP contribution in [0.3, 0.4) is 0 Å². The summed E-state index contributed by atoms with van der Waals surface area (Å²) in [5.74, 6) is -0.531. The number of rotatable bonds is 3. The summed E-state index contributed by atoms with van der Waals surface area (Å²) >= 11 is 0. The minimum Gasteiger partial charge on any atom is -0.341 e. The fraction of sp³-hybridized carbons (Fsp3) is 0.250. The van der Waals surface area contributed by atoms with Crippen molar-refractivity contribution in [2.75, 3.05) is 0 Å². The molecule has 0 spiro atoms. The molecule has 1 amide bonds. The number of aromatic nitrogens is 1. The zero-order valence-corrected chi connectivity index (χ0v) is 11.2. The zero-order chi connectivity index (χ0) is 14.2. The molecule has 0 saturated heterocycles. The second-order valence-corrected chi connectivity index (χ2v) is 5.18. The maximum absolute atomic E-state index is 13.9. The van der Waals surface area contributed by atoms with Crippen LogP contribution in [0, 0.1) is 12.7 Å². The van der Waals surface area contributed by atoms with E-state index in [9.17, 15) is 9.18 Å². The molecule has 1 saturated carbocycles. The van der Waals surface area contributed by atoms with Gasteiger partial charge in [0.2, 0.25) is 0 Å². The van der Waals surface area contributed by atoms with Crippen LogP contribution >= 0.6 is 0 Å². The van der Waals surface area contributed by atoms with Gasteiger partial charge in [-0.25, -0.2) is 9.37 Å². The second-order valence-electron chi connectivity index (χ2n) is 5.18. The number of nitrogens with zero attached hydrogens (tertiary/aromatic N) is 1. The molecule has 1 aliphatic rings. The Morgan fingerprint density at radius 2 is 1.95 bits per heavy atom. The van der Waals surface area contributed by atoms with Gasteiger partial charge in [0.25, 0.3) is 5.91 Å². The monoisotopic (exact) mass is 270 g/mol. The van der Waals surface area contributed by atoms with Gasteiger partial charge in [0.05, 0.1) is 5.54 Å². The first-order chi connectivity index (χ1) is 9.61.